The average Bonchev–Trinajstić information content (AvgIpc) is 3.36. The minimum Gasteiger partial charge on any atom is -0.301 e. The predicted molar refractivity (Wildman–Crippen MR) is 163 cm³/mol. The number of halogens is 2. The minimum atomic E-state index is -3.81. The van der Waals surface area contributed by atoms with Crippen molar-refractivity contribution in [2.45, 2.75) is 11.4 Å². The van der Waals surface area contributed by atoms with E-state index >= 15 is 0 Å². The van der Waals surface area contributed by atoms with Gasteiger partial charge in [0, 0.05) is 56.6 Å². The van der Waals surface area contributed by atoms with Crippen LogP contribution in [-0.2, 0) is 16.6 Å². The number of nitro groups is 1. The zero-order chi connectivity index (χ0) is 29.4. The highest BCUT2D eigenvalue weighted by Gasteiger charge is 2.31. The number of non-ortho nitro benzene ring substituents is 1. The molecule has 3 heterocycles. The number of benzene rings is 3. The largest absolute Gasteiger partial charge is 0.301 e. The molecule has 1 aliphatic rings. The van der Waals surface area contributed by atoms with Gasteiger partial charge in [-0.05, 0) is 35.4 Å². The highest BCUT2D eigenvalue weighted by molar-refractivity contribution is 7.89. The van der Waals surface area contributed by atoms with Crippen molar-refractivity contribution in [3.05, 3.63) is 117 Å². The van der Waals surface area contributed by atoms with Crippen LogP contribution in [0.3, 0.4) is 0 Å². The van der Waals surface area contributed by atoms with E-state index in [9.17, 15) is 18.5 Å². The first-order chi connectivity index (χ1) is 20.2. The van der Waals surface area contributed by atoms with Crippen molar-refractivity contribution in [3.8, 4) is 22.4 Å². The van der Waals surface area contributed by atoms with Gasteiger partial charge in [0.25, 0.3) is 5.69 Å². The fourth-order valence-electron chi connectivity index (χ4n) is 5.20. The number of pyridine rings is 1. The van der Waals surface area contributed by atoms with Gasteiger partial charge in [-0.1, -0.05) is 71.7 Å². The summed E-state index contributed by atoms with van der Waals surface area (Å²) in [5, 5.41) is 11.6. The maximum absolute atomic E-state index is 13.3. The van der Waals surface area contributed by atoms with Gasteiger partial charge in [-0.25, -0.2) is 13.4 Å². The van der Waals surface area contributed by atoms with E-state index in [1.165, 1.54) is 16.4 Å². The number of hydrogen-bond acceptors (Lipinski definition) is 6. The molecule has 9 nitrogen and oxygen atoms in total. The number of nitro benzene ring substituents is 1. The minimum absolute atomic E-state index is 0.00643. The van der Waals surface area contributed by atoms with Crippen LogP contribution >= 0.6 is 23.2 Å². The van der Waals surface area contributed by atoms with Gasteiger partial charge < -0.3 is 4.40 Å². The molecule has 1 fully saturated rings. The maximum atomic E-state index is 13.3. The molecule has 214 valence electrons. The maximum Gasteiger partial charge on any atom is 0.270 e. The molecule has 0 amide bonds. The molecule has 1 aliphatic heterocycles. The molecule has 0 atom stereocenters. The van der Waals surface area contributed by atoms with Crippen LogP contribution < -0.4 is 0 Å². The molecule has 0 unspecified atom stereocenters. The summed E-state index contributed by atoms with van der Waals surface area (Å²) < 4.78 is 30.1. The second kappa shape index (κ2) is 11.5. The molecule has 3 aromatic carbocycles. The summed E-state index contributed by atoms with van der Waals surface area (Å²) in [7, 11) is -3.81. The van der Waals surface area contributed by atoms with Gasteiger partial charge in [0.15, 0.2) is 0 Å². The first-order valence-corrected chi connectivity index (χ1v) is 15.4. The van der Waals surface area contributed by atoms with Crippen LogP contribution in [0, 0.1) is 10.1 Å². The van der Waals surface area contributed by atoms with Crippen molar-refractivity contribution in [3.63, 3.8) is 0 Å². The third-order valence-corrected chi connectivity index (χ3v) is 10.3. The molecule has 1 saturated heterocycles. The monoisotopic (exact) mass is 621 g/mol. The fraction of sp³-hybridized carbons (Fsp3) is 0.167. The molecule has 0 spiro atoms. The van der Waals surface area contributed by atoms with E-state index in [0.29, 0.717) is 32.7 Å². The molecule has 0 radical (unpaired) electrons. The topological polar surface area (TPSA) is 101 Å². The summed E-state index contributed by atoms with van der Waals surface area (Å²) in [5.41, 5.74) is 5.05. The lowest BCUT2D eigenvalue weighted by atomic mass is 10.1. The van der Waals surface area contributed by atoms with Crippen molar-refractivity contribution in [1.29, 1.82) is 0 Å². The summed E-state index contributed by atoms with van der Waals surface area (Å²) in [5.74, 6) is 0. The van der Waals surface area contributed by atoms with E-state index in [1.807, 2.05) is 59.1 Å². The SMILES string of the molecule is O=[N+]([O-])c1cccc(-c2ccc3nc(-c4ccccc4)c(CN4CCN(S(=O)(=O)c5cccc(Cl)c5Cl)CC4)n3c2)c1. The number of fused-ring (bicyclic) bond motifs is 1. The molecule has 42 heavy (non-hydrogen) atoms. The molecule has 5 aromatic rings. The Kier molecular flexibility index (Phi) is 7.73. The van der Waals surface area contributed by atoms with Gasteiger partial charge in [0.1, 0.15) is 10.5 Å². The first kappa shape index (κ1) is 28.3. The van der Waals surface area contributed by atoms with Crippen molar-refractivity contribution < 1.29 is 13.3 Å². The second-order valence-corrected chi connectivity index (χ2v) is 12.7. The first-order valence-electron chi connectivity index (χ1n) is 13.2. The quantitative estimate of drug-likeness (QED) is 0.154. The van der Waals surface area contributed by atoms with E-state index in [-0.39, 0.29) is 20.6 Å². The van der Waals surface area contributed by atoms with Crippen LogP contribution in [-0.4, -0.2) is 58.1 Å². The molecule has 2 aromatic heterocycles. The van der Waals surface area contributed by atoms with Crippen molar-refractivity contribution in [1.82, 2.24) is 18.6 Å². The summed E-state index contributed by atoms with van der Waals surface area (Å²) in [6.45, 7) is 2.12. The number of aromatic nitrogens is 2. The molecule has 6 rings (SSSR count). The van der Waals surface area contributed by atoms with Gasteiger partial charge in [-0.2, -0.15) is 4.31 Å². The smallest absolute Gasteiger partial charge is 0.270 e. The Morgan fingerprint density at radius 1 is 0.833 bits per heavy atom. The number of piperazine rings is 1. The highest BCUT2D eigenvalue weighted by Crippen LogP contribution is 2.33. The van der Waals surface area contributed by atoms with Crippen molar-refractivity contribution in [2.75, 3.05) is 26.2 Å². The average molecular weight is 623 g/mol. The Hall–Kier alpha value is -3.80. The highest BCUT2D eigenvalue weighted by atomic mass is 35.5. The normalized spacial score (nSPS) is 14.8. The Balaban J connectivity index is 1.32. The van der Waals surface area contributed by atoms with Crippen LogP contribution in [0.2, 0.25) is 10.0 Å². The van der Waals surface area contributed by atoms with E-state index in [4.69, 9.17) is 28.2 Å². The fourth-order valence-corrected chi connectivity index (χ4v) is 7.36. The van der Waals surface area contributed by atoms with Crippen LogP contribution in [0.15, 0.2) is 96.0 Å². The van der Waals surface area contributed by atoms with E-state index in [1.54, 1.807) is 24.3 Å². The van der Waals surface area contributed by atoms with Crippen LogP contribution in [0.25, 0.3) is 28.0 Å². The second-order valence-electron chi connectivity index (χ2n) is 9.96. The van der Waals surface area contributed by atoms with Gasteiger partial charge in [0.05, 0.1) is 26.4 Å². The molecule has 12 heteroatoms. The Morgan fingerprint density at radius 3 is 2.29 bits per heavy atom. The lowest BCUT2D eigenvalue weighted by molar-refractivity contribution is -0.384. The Morgan fingerprint density at radius 2 is 1.55 bits per heavy atom. The van der Waals surface area contributed by atoms with Gasteiger partial charge in [-0.15, -0.1) is 0 Å². The summed E-state index contributed by atoms with van der Waals surface area (Å²) in [6, 6.07) is 24.8. The summed E-state index contributed by atoms with van der Waals surface area (Å²) >= 11 is 12.3. The van der Waals surface area contributed by atoms with Crippen molar-refractivity contribution >= 4 is 44.6 Å². The van der Waals surface area contributed by atoms with E-state index < -0.39 is 14.9 Å². The third kappa shape index (κ3) is 5.39. The summed E-state index contributed by atoms with van der Waals surface area (Å²) in [6.07, 6.45) is 1.95. The van der Waals surface area contributed by atoms with E-state index in [0.717, 1.165) is 33.7 Å². The molecule has 0 bridgehead atoms. The van der Waals surface area contributed by atoms with Gasteiger partial charge in [0.2, 0.25) is 10.0 Å². The molecular weight excluding hydrogens is 597 g/mol. The number of sulfonamides is 1. The lowest BCUT2D eigenvalue weighted by Crippen LogP contribution is -2.48. The van der Waals surface area contributed by atoms with Crippen molar-refractivity contribution in [2.24, 2.45) is 0 Å². The third-order valence-electron chi connectivity index (χ3n) is 7.39. The van der Waals surface area contributed by atoms with Crippen LogP contribution in [0.5, 0.6) is 0 Å². The Labute approximate surface area is 252 Å². The molecular formula is C30H25Cl2N5O4S. The van der Waals surface area contributed by atoms with E-state index in [2.05, 4.69) is 4.90 Å². The molecule has 0 N–H and O–H groups in total. The molecule has 0 saturated carbocycles. The number of hydrogen-bond donors (Lipinski definition) is 0. The zero-order valence-electron chi connectivity index (χ0n) is 22.2. The van der Waals surface area contributed by atoms with Crippen LogP contribution in [0.4, 0.5) is 5.69 Å². The number of rotatable bonds is 7. The predicted octanol–water partition coefficient (Wildman–Crippen LogP) is 6.39. The molecule has 0 aliphatic carbocycles. The summed E-state index contributed by atoms with van der Waals surface area (Å²) in [4.78, 5) is 18.1. The standard InChI is InChI=1S/C30H25Cl2N5O4S/c31-25-10-5-11-27(29(25)32)42(40,41)35-16-14-34(15-17-35)20-26-30(21-6-2-1-3-7-21)33-28-13-12-23(19-36(26)28)22-8-4-9-24(18-22)37(38)39/h1-13,18-19H,14-17,20H2. The number of nitrogens with zero attached hydrogens (tertiary/aromatic N) is 5. The zero-order valence-corrected chi connectivity index (χ0v) is 24.6. The lowest BCUT2D eigenvalue weighted by Gasteiger charge is -2.34. The number of imidazole rings is 1. The van der Waals surface area contributed by atoms with Gasteiger partial charge >= 0.3 is 0 Å². The van der Waals surface area contributed by atoms with Gasteiger partial charge in [-0.3, -0.25) is 15.0 Å². The van der Waals surface area contributed by atoms with Crippen LogP contribution in [0.1, 0.15) is 5.69 Å². The Bertz CT molecular complexity index is 1910.